The van der Waals surface area contributed by atoms with Crippen molar-refractivity contribution in [3.63, 3.8) is 0 Å². The minimum absolute atomic E-state index is 0.184. The number of rotatable bonds is 5. The quantitative estimate of drug-likeness (QED) is 0.682. The maximum Gasteiger partial charge on any atom is 0.348 e. The molecule has 0 aliphatic rings. The normalized spacial score (nSPS) is 13.8. The van der Waals surface area contributed by atoms with Crippen LogP contribution in [-0.4, -0.2) is 39.5 Å². The Hall–Kier alpha value is -2.08. The zero-order valence-corrected chi connectivity index (χ0v) is 9.03. The Morgan fingerprint density at radius 1 is 1.12 bits per heavy atom. The first-order chi connectivity index (χ1) is 7.91. The van der Waals surface area contributed by atoms with Crippen LogP contribution in [0.2, 0.25) is 0 Å². The van der Waals surface area contributed by atoms with E-state index in [9.17, 15) is 9.59 Å². The lowest BCUT2D eigenvalue weighted by Gasteiger charge is -2.17. The fourth-order valence-electron chi connectivity index (χ4n) is 1.14. The first-order valence-corrected chi connectivity index (χ1v) is 4.79. The van der Waals surface area contributed by atoms with Gasteiger partial charge in [-0.25, -0.2) is 9.59 Å². The van der Waals surface area contributed by atoms with Crippen LogP contribution < -0.4 is 4.74 Å². The van der Waals surface area contributed by atoms with E-state index in [0.717, 1.165) is 5.56 Å². The molecule has 0 radical (unpaired) electrons. The lowest BCUT2D eigenvalue weighted by molar-refractivity contribution is -0.163. The van der Waals surface area contributed by atoms with E-state index in [4.69, 9.17) is 20.1 Å². The van der Waals surface area contributed by atoms with Gasteiger partial charge in [-0.2, -0.15) is 0 Å². The molecule has 1 rings (SSSR count). The van der Waals surface area contributed by atoms with Gasteiger partial charge in [0.1, 0.15) is 5.75 Å². The van der Waals surface area contributed by atoms with Crippen LogP contribution in [-0.2, 0) is 9.59 Å². The molecule has 0 heterocycles. The van der Waals surface area contributed by atoms with Crippen molar-refractivity contribution >= 4 is 11.9 Å². The monoisotopic (exact) mass is 240 g/mol. The molecule has 0 fully saturated rings. The van der Waals surface area contributed by atoms with Crippen LogP contribution in [0.1, 0.15) is 5.56 Å². The van der Waals surface area contributed by atoms with E-state index in [1.54, 1.807) is 12.1 Å². The van der Waals surface area contributed by atoms with Gasteiger partial charge in [0.2, 0.25) is 6.10 Å². The number of aliphatic hydroxyl groups excluding tert-OH is 1. The summed E-state index contributed by atoms with van der Waals surface area (Å²) in [6.45, 7) is 1.84. The number of carbonyl (C=O) groups is 2. The lowest BCUT2D eigenvalue weighted by Crippen LogP contribution is -2.43. The number of aryl methyl sites for hydroxylation is 1. The van der Waals surface area contributed by atoms with Gasteiger partial charge in [-0.05, 0) is 19.1 Å². The molecule has 0 saturated carbocycles. The molecule has 1 aromatic rings. The number of hydrogen-bond donors (Lipinski definition) is 3. The number of hydrogen-bond acceptors (Lipinski definition) is 4. The molecule has 0 aromatic heterocycles. The Kier molecular flexibility index (Phi) is 4.06. The standard InChI is InChI=1S/C11H12O6/c1-6-2-4-7(5-3-6)17-9(11(15)16)8(12)10(13)14/h2-5,8-9,12H,1H3,(H,13,14)(H,15,16)/t8-,9-/m0/s1. The van der Waals surface area contributed by atoms with Gasteiger partial charge in [0.15, 0.2) is 6.10 Å². The molecule has 17 heavy (non-hydrogen) atoms. The van der Waals surface area contributed by atoms with E-state index in [2.05, 4.69) is 0 Å². The van der Waals surface area contributed by atoms with Crippen molar-refractivity contribution in [3.8, 4) is 5.75 Å². The highest BCUT2D eigenvalue weighted by atomic mass is 16.5. The third-order valence-corrected chi connectivity index (χ3v) is 2.07. The van der Waals surface area contributed by atoms with Crippen molar-refractivity contribution in [1.29, 1.82) is 0 Å². The molecule has 1 aromatic carbocycles. The summed E-state index contributed by atoms with van der Waals surface area (Å²) in [6.07, 6.45) is -3.95. The van der Waals surface area contributed by atoms with Crippen LogP contribution in [0.25, 0.3) is 0 Å². The molecule has 6 nitrogen and oxygen atoms in total. The van der Waals surface area contributed by atoms with E-state index in [0.29, 0.717) is 0 Å². The van der Waals surface area contributed by atoms with Gasteiger partial charge in [0.05, 0.1) is 0 Å². The predicted octanol–water partition coefficient (Wildman–Crippen LogP) is 0.273. The average molecular weight is 240 g/mol. The summed E-state index contributed by atoms with van der Waals surface area (Å²) < 4.78 is 4.92. The predicted molar refractivity (Wildman–Crippen MR) is 56.9 cm³/mol. The Balaban J connectivity index is 2.84. The summed E-state index contributed by atoms with van der Waals surface area (Å²) in [6, 6.07) is 6.36. The van der Waals surface area contributed by atoms with Crippen LogP contribution in [0.3, 0.4) is 0 Å². The molecule has 0 aliphatic carbocycles. The molecule has 0 unspecified atom stereocenters. The fraction of sp³-hybridized carbons (Fsp3) is 0.273. The number of aliphatic carboxylic acids is 2. The SMILES string of the molecule is Cc1ccc(O[C@H](C(=O)O)[C@H](O)C(=O)O)cc1. The van der Waals surface area contributed by atoms with Gasteiger partial charge in [0, 0.05) is 0 Å². The van der Waals surface area contributed by atoms with Gasteiger partial charge in [-0.3, -0.25) is 0 Å². The molecule has 0 amide bonds. The van der Waals surface area contributed by atoms with Crippen LogP contribution in [0.4, 0.5) is 0 Å². The number of carboxylic acid groups (broad SMARTS) is 2. The minimum Gasteiger partial charge on any atom is -0.479 e. The van der Waals surface area contributed by atoms with E-state index >= 15 is 0 Å². The molecule has 92 valence electrons. The van der Waals surface area contributed by atoms with Gasteiger partial charge >= 0.3 is 11.9 Å². The summed E-state index contributed by atoms with van der Waals surface area (Å²) in [5.41, 5.74) is 0.947. The third-order valence-electron chi connectivity index (χ3n) is 2.07. The Morgan fingerprint density at radius 2 is 1.65 bits per heavy atom. The first kappa shape index (κ1) is 13.0. The Labute approximate surface area is 97.1 Å². The molecular weight excluding hydrogens is 228 g/mol. The number of benzene rings is 1. The molecule has 0 aliphatic heterocycles. The summed E-state index contributed by atoms with van der Waals surface area (Å²) in [7, 11) is 0. The summed E-state index contributed by atoms with van der Waals surface area (Å²) in [5, 5.41) is 26.5. The molecule has 0 bridgehead atoms. The fourth-order valence-corrected chi connectivity index (χ4v) is 1.14. The third kappa shape index (κ3) is 3.46. The maximum atomic E-state index is 10.8. The summed E-state index contributed by atoms with van der Waals surface area (Å²) in [5.74, 6) is -3.01. The first-order valence-electron chi connectivity index (χ1n) is 4.79. The van der Waals surface area contributed by atoms with Crippen LogP contribution in [0.5, 0.6) is 5.75 Å². The maximum absolute atomic E-state index is 10.8. The van der Waals surface area contributed by atoms with Crippen molar-refractivity contribution in [2.45, 2.75) is 19.1 Å². The molecule has 6 heteroatoms. The second-order valence-corrected chi connectivity index (χ2v) is 3.47. The number of carboxylic acids is 2. The highest BCUT2D eigenvalue weighted by Crippen LogP contribution is 2.15. The molecule has 3 N–H and O–H groups in total. The molecular formula is C11H12O6. The zero-order chi connectivity index (χ0) is 13.0. The van der Waals surface area contributed by atoms with Crippen LogP contribution >= 0.6 is 0 Å². The smallest absolute Gasteiger partial charge is 0.348 e. The Morgan fingerprint density at radius 3 is 2.06 bits per heavy atom. The average Bonchev–Trinajstić information content (AvgIpc) is 2.26. The molecule has 2 atom stereocenters. The number of aliphatic hydroxyl groups is 1. The van der Waals surface area contributed by atoms with Crippen LogP contribution in [0, 0.1) is 6.92 Å². The summed E-state index contributed by atoms with van der Waals surface area (Å²) >= 11 is 0. The van der Waals surface area contributed by atoms with E-state index < -0.39 is 24.1 Å². The highest BCUT2D eigenvalue weighted by Gasteiger charge is 2.34. The van der Waals surface area contributed by atoms with Crippen molar-refractivity contribution in [1.82, 2.24) is 0 Å². The molecule has 0 saturated heterocycles. The van der Waals surface area contributed by atoms with Gasteiger partial charge in [-0.15, -0.1) is 0 Å². The van der Waals surface area contributed by atoms with E-state index in [1.807, 2.05) is 6.92 Å². The Bertz CT molecular complexity index is 410. The van der Waals surface area contributed by atoms with Gasteiger partial charge in [0.25, 0.3) is 0 Å². The van der Waals surface area contributed by atoms with E-state index in [-0.39, 0.29) is 5.75 Å². The minimum atomic E-state index is -2.12. The van der Waals surface area contributed by atoms with Crippen LogP contribution in [0.15, 0.2) is 24.3 Å². The lowest BCUT2D eigenvalue weighted by atomic mass is 10.2. The van der Waals surface area contributed by atoms with Crippen molar-refractivity contribution in [2.24, 2.45) is 0 Å². The topological polar surface area (TPSA) is 104 Å². The van der Waals surface area contributed by atoms with E-state index in [1.165, 1.54) is 12.1 Å². The van der Waals surface area contributed by atoms with Crippen molar-refractivity contribution < 1.29 is 29.6 Å². The van der Waals surface area contributed by atoms with Gasteiger partial charge < -0.3 is 20.1 Å². The van der Waals surface area contributed by atoms with Crippen molar-refractivity contribution in [2.75, 3.05) is 0 Å². The highest BCUT2D eigenvalue weighted by molar-refractivity contribution is 5.83. The second-order valence-electron chi connectivity index (χ2n) is 3.47. The van der Waals surface area contributed by atoms with Crippen molar-refractivity contribution in [3.05, 3.63) is 29.8 Å². The number of ether oxygens (including phenoxy) is 1. The zero-order valence-electron chi connectivity index (χ0n) is 9.03. The molecule has 0 spiro atoms. The summed E-state index contributed by atoms with van der Waals surface area (Å²) in [4.78, 5) is 21.3. The largest absolute Gasteiger partial charge is 0.479 e. The van der Waals surface area contributed by atoms with Gasteiger partial charge in [-0.1, -0.05) is 17.7 Å². The second kappa shape index (κ2) is 5.31.